The van der Waals surface area contributed by atoms with Crippen LogP contribution in [0.2, 0.25) is 0 Å². The fourth-order valence-electron chi connectivity index (χ4n) is 4.39. The van der Waals surface area contributed by atoms with Crippen LogP contribution in [-0.2, 0) is 11.2 Å². The molecule has 1 aliphatic heterocycles. The van der Waals surface area contributed by atoms with E-state index in [-0.39, 0.29) is 5.60 Å². The second-order valence-electron chi connectivity index (χ2n) is 6.66. The molecule has 2 fully saturated rings. The maximum Gasteiger partial charge on any atom is 0.0719 e. The van der Waals surface area contributed by atoms with E-state index in [0.29, 0.717) is 0 Å². The van der Waals surface area contributed by atoms with Crippen molar-refractivity contribution in [3.63, 3.8) is 0 Å². The van der Waals surface area contributed by atoms with Crippen molar-refractivity contribution >= 4 is 11.3 Å². The molecule has 106 valence electrons. The summed E-state index contributed by atoms with van der Waals surface area (Å²) < 4.78 is 6.17. The highest BCUT2D eigenvalue weighted by molar-refractivity contribution is 5.76. The lowest BCUT2D eigenvalue weighted by atomic mass is 9.85. The average Bonchev–Trinajstić information content (AvgIpc) is 3.05. The summed E-state index contributed by atoms with van der Waals surface area (Å²) in [5.74, 6) is 0. The van der Waals surface area contributed by atoms with Gasteiger partial charge in [0.2, 0.25) is 0 Å². The van der Waals surface area contributed by atoms with Crippen LogP contribution in [0.15, 0.2) is 23.8 Å². The quantitative estimate of drug-likeness (QED) is 0.720. The number of hydrogen-bond acceptors (Lipinski definition) is 2. The van der Waals surface area contributed by atoms with Gasteiger partial charge in [0, 0.05) is 5.69 Å². The topological polar surface area (TPSA) is 35.2 Å². The second-order valence-corrected chi connectivity index (χ2v) is 6.66. The molecule has 3 aliphatic rings. The number of nitrogen functional groups attached to an aromatic ring is 1. The van der Waals surface area contributed by atoms with Crippen molar-refractivity contribution in [3.05, 3.63) is 34.9 Å². The Balaban J connectivity index is 1.70. The van der Waals surface area contributed by atoms with E-state index in [2.05, 4.69) is 18.2 Å². The Morgan fingerprint density at radius 2 is 1.90 bits per heavy atom. The van der Waals surface area contributed by atoms with E-state index in [1.54, 1.807) is 11.1 Å². The zero-order valence-electron chi connectivity index (χ0n) is 12.1. The lowest BCUT2D eigenvalue weighted by Gasteiger charge is -2.36. The molecule has 4 rings (SSSR count). The van der Waals surface area contributed by atoms with Gasteiger partial charge in [-0.15, -0.1) is 0 Å². The molecule has 2 aliphatic carbocycles. The van der Waals surface area contributed by atoms with Crippen LogP contribution < -0.4 is 5.73 Å². The average molecular weight is 269 g/mol. The first-order chi connectivity index (χ1) is 9.76. The van der Waals surface area contributed by atoms with Gasteiger partial charge in [-0.05, 0) is 67.4 Å². The monoisotopic (exact) mass is 269 g/mol. The molecule has 1 heterocycles. The third-order valence-electron chi connectivity index (χ3n) is 5.39. The van der Waals surface area contributed by atoms with Crippen molar-refractivity contribution in [2.24, 2.45) is 0 Å². The van der Waals surface area contributed by atoms with E-state index in [1.807, 2.05) is 0 Å². The van der Waals surface area contributed by atoms with E-state index in [9.17, 15) is 0 Å². The Morgan fingerprint density at radius 3 is 2.75 bits per heavy atom. The highest BCUT2D eigenvalue weighted by atomic mass is 16.5. The molecule has 1 aromatic carbocycles. The Bertz CT molecular complexity index is 567. The molecule has 1 saturated heterocycles. The summed E-state index contributed by atoms with van der Waals surface area (Å²) in [5, 5.41) is 0. The normalized spacial score (nSPS) is 28.0. The third-order valence-corrected chi connectivity index (χ3v) is 5.39. The smallest absolute Gasteiger partial charge is 0.0719 e. The number of fused-ring (bicyclic) bond motifs is 1. The Hall–Kier alpha value is -1.28. The van der Waals surface area contributed by atoms with Crippen LogP contribution in [0.25, 0.3) is 5.57 Å². The molecule has 1 aromatic rings. The zero-order valence-corrected chi connectivity index (χ0v) is 12.1. The van der Waals surface area contributed by atoms with Gasteiger partial charge in [0.05, 0.1) is 12.2 Å². The SMILES string of the molecule is Nc1ccc2c(c1)CC/C2=C1\CCOC2(CCCC2)C1. The Kier molecular flexibility index (Phi) is 2.88. The molecule has 20 heavy (non-hydrogen) atoms. The van der Waals surface area contributed by atoms with Gasteiger partial charge in [0.1, 0.15) is 0 Å². The summed E-state index contributed by atoms with van der Waals surface area (Å²) in [5.41, 5.74) is 13.2. The Labute approximate surface area is 121 Å². The first-order valence-corrected chi connectivity index (χ1v) is 7.99. The van der Waals surface area contributed by atoms with Gasteiger partial charge in [-0.25, -0.2) is 0 Å². The zero-order chi connectivity index (χ0) is 13.6. The van der Waals surface area contributed by atoms with Gasteiger partial charge in [-0.1, -0.05) is 24.5 Å². The minimum absolute atomic E-state index is 0.192. The fraction of sp³-hybridized carbons (Fsp3) is 0.556. The molecule has 1 spiro atoms. The molecule has 0 amide bonds. The number of aryl methyl sites for hydroxylation is 1. The molecule has 1 saturated carbocycles. The number of allylic oxidation sites excluding steroid dienone is 1. The molecule has 2 heteroatoms. The van der Waals surface area contributed by atoms with Crippen LogP contribution in [-0.4, -0.2) is 12.2 Å². The summed E-state index contributed by atoms with van der Waals surface area (Å²) in [6.45, 7) is 0.920. The first kappa shape index (κ1) is 12.5. The maximum absolute atomic E-state index is 6.17. The number of ether oxygens (including phenoxy) is 1. The lowest BCUT2D eigenvalue weighted by molar-refractivity contribution is -0.0556. The van der Waals surface area contributed by atoms with Gasteiger partial charge < -0.3 is 10.5 Å². The van der Waals surface area contributed by atoms with Crippen LogP contribution in [0.3, 0.4) is 0 Å². The van der Waals surface area contributed by atoms with E-state index in [0.717, 1.165) is 25.1 Å². The van der Waals surface area contributed by atoms with E-state index >= 15 is 0 Å². The molecular weight excluding hydrogens is 246 g/mol. The van der Waals surface area contributed by atoms with Gasteiger partial charge in [-0.2, -0.15) is 0 Å². The molecule has 0 radical (unpaired) electrons. The molecule has 0 atom stereocenters. The number of rotatable bonds is 0. The summed E-state index contributed by atoms with van der Waals surface area (Å²) in [6, 6.07) is 6.44. The number of hydrogen-bond donors (Lipinski definition) is 1. The predicted molar refractivity (Wildman–Crippen MR) is 82.5 cm³/mol. The predicted octanol–water partition coefficient (Wildman–Crippen LogP) is 4.09. The van der Waals surface area contributed by atoms with Crippen molar-refractivity contribution in [1.29, 1.82) is 0 Å². The molecule has 0 bridgehead atoms. The van der Waals surface area contributed by atoms with Crippen molar-refractivity contribution in [2.45, 2.75) is 57.0 Å². The highest BCUT2D eigenvalue weighted by Crippen LogP contribution is 2.46. The summed E-state index contributed by atoms with van der Waals surface area (Å²) >= 11 is 0. The van der Waals surface area contributed by atoms with Crippen molar-refractivity contribution in [2.75, 3.05) is 12.3 Å². The fourth-order valence-corrected chi connectivity index (χ4v) is 4.39. The van der Waals surface area contributed by atoms with Crippen LogP contribution in [0.4, 0.5) is 5.69 Å². The van der Waals surface area contributed by atoms with E-state index < -0.39 is 0 Å². The summed E-state index contributed by atoms with van der Waals surface area (Å²) in [6.07, 6.45) is 9.87. The first-order valence-electron chi connectivity index (χ1n) is 7.99. The van der Waals surface area contributed by atoms with E-state index in [1.165, 1.54) is 49.7 Å². The highest BCUT2D eigenvalue weighted by Gasteiger charge is 2.39. The molecular formula is C18H23NO. The lowest BCUT2D eigenvalue weighted by Crippen LogP contribution is -2.34. The van der Waals surface area contributed by atoms with Gasteiger partial charge >= 0.3 is 0 Å². The molecule has 2 nitrogen and oxygen atoms in total. The van der Waals surface area contributed by atoms with Crippen LogP contribution in [0.1, 0.15) is 56.1 Å². The third kappa shape index (κ3) is 1.98. The number of benzene rings is 1. The summed E-state index contributed by atoms with van der Waals surface area (Å²) in [4.78, 5) is 0. The maximum atomic E-state index is 6.17. The van der Waals surface area contributed by atoms with Crippen molar-refractivity contribution < 1.29 is 4.74 Å². The minimum atomic E-state index is 0.192. The molecule has 0 unspecified atom stereocenters. The second kappa shape index (κ2) is 4.63. The number of anilines is 1. The van der Waals surface area contributed by atoms with Crippen LogP contribution >= 0.6 is 0 Å². The van der Waals surface area contributed by atoms with Gasteiger partial charge in [0.15, 0.2) is 0 Å². The van der Waals surface area contributed by atoms with Crippen molar-refractivity contribution in [1.82, 2.24) is 0 Å². The van der Waals surface area contributed by atoms with Gasteiger partial charge in [-0.3, -0.25) is 0 Å². The van der Waals surface area contributed by atoms with Crippen LogP contribution in [0, 0.1) is 0 Å². The Morgan fingerprint density at radius 1 is 1.05 bits per heavy atom. The largest absolute Gasteiger partial charge is 0.399 e. The molecule has 0 aromatic heterocycles. The molecule has 2 N–H and O–H groups in total. The standard InChI is InChI=1S/C18H23NO/c19-15-4-6-16-13(11-15)3-5-17(16)14-7-10-20-18(12-14)8-1-2-9-18/h4,6,11H,1-3,5,7-10,12,19H2/b17-14-. The minimum Gasteiger partial charge on any atom is -0.399 e. The van der Waals surface area contributed by atoms with E-state index in [4.69, 9.17) is 10.5 Å². The van der Waals surface area contributed by atoms with Crippen molar-refractivity contribution in [3.8, 4) is 0 Å². The van der Waals surface area contributed by atoms with Crippen LogP contribution in [0.5, 0.6) is 0 Å². The summed E-state index contributed by atoms with van der Waals surface area (Å²) in [7, 11) is 0. The van der Waals surface area contributed by atoms with Gasteiger partial charge in [0.25, 0.3) is 0 Å². The number of nitrogens with two attached hydrogens (primary N) is 1.